The minimum Gasteiger partial charge on any atom is -0.350 e. The Kier molecular flexibility index (Phi) is 5.45. The fourth-order valence-electron chi connectivity index (χ4n) is 3.25. The summed E-state index contributed by atoms with van der Waals surface area (Å²) < 4.78 is 13.6. The molecule has 4 rings (SSSR count). The number of anilines is 2. The van der Waals surface area contributed by atoms with Crippen LogP contribution in [0.3, 0.4) is 0 Å². The molecule has 1 N–H and O–H groups in total. The lowest BCUT2D eigenvalue weighted by Crippen LogP contribution is -2.32. The van der Waals surface area contributed by atoms with Crippen molar-refractivity contribution in [1.82, 2.24) is 0 Å². The normalized spacial score (nSPS) is 14.2. The molecule has 2 aromatic carbocycles. The summed E-state index contributed by atoms with van der Waals surface area (Å²) in [6.07, 6.45) is 0. The minimum absolute atomic E-state index is 0.156. The average molecular weight is 441 g/mol. The predicted molar refractivity (Wildman–Crippen MR) is 119 cm³/mol. The summed E-state index contributed by atoms with van der Waals surface area (Å²) in [5, 5.41) is 4.80. The molecule has 0 radical (unpaired) electrons. The van der Waals surface area contributed by atoms with Crippen LogP contribution in [0.1, 0.15) is 30.2 Å². The number of carbonyl (C=O) groups excluding carboxylic acids is 2. The third kappa shape index (κ3) is 3.64. The van der Waals surface area contributed by atoms with Crippen LogP contribution in [0.4, 0.5) is 15.8 Å². The van der Waals surface area contributed by atoms with Crippen LogP contribution >= 0.6 is 22.9 Å². The molecule has 2 amide bonds. The van der Waals surface area contributed by atoms with Gasteiger partial charge < -0.3 is 5.32 Å². The van der Waals surface area contributed by atoms with E-state index >= 15 is 0 Å². The number of imide groups is 1. The lowest BCUT2D eigenvalue weighted by Gasteiger charge is -2.16. The third-order valence-corrected chi connectivity index (χ3v) is 6.04. The molecule has 0 atom stereocenters. The third-order valence-electron chi connectivity index (χ3n) is 4.86. The summed E-state index contributed by atoms with van der Waals surface area (Å²) >= 11 is 7.24. The van der Waals surface area contributed by atoms with Gasteiger partial charge in [-0.1, -0.05) is 43.6 Å². The van der Waals surface area contributed by atoms with E-state index in [1.165, 1.54) is 29.0 Å². The van der Waals surface area contributed by atoms with Gasteiger partial charge >= 0.3 is 0 Å². The lowest BCUT2D eigenvalue weighted by molar-refractivity contribution is -0.120. The molecule has 4 nitrogen and oxygen atoms in total. The Balaban J connectivity index is 1.75. The van der Waals surface area contributed by atoms with Crippen LogP contribution in [0.15, 0.2) is 65.7 Å². The maximum atomic E-state index is 13.6. The standard InChI is InChI=1S/C23H18ClFN2O2S/c1-13(2)14-5-7-15(8-6-14)26-21-20(19-4-3-11-30-19)22(28)27(23(21)29)16-9-10-18(25)17(24)12-16/h3-13,26H,1-2H3. The van der Waals surface area contributed by atoms with Gasteiger partial charge in [-0.3, -0.25) is 9.59 Å². The molecular weight excluding hydrogens is 423 g/mol. The largest absolute Gasteiger partial charge is 0.350 e. The maximum Gasteiger partial charge on any atom is 0.282 e. The highest BCUT2D eigenvalue weighted by atomic mass is 35.5. The first-order valence-corrected chi connectivity index (χ1v) is 10.6. The zero-order chi connectivity index (χ0) is 21.4. The van der Waals surface area contributed by atoms with Gasteiger partial charge in [0.1, 0.15) is 11.5 Å². The Labute approximate surface area is 182 Å². The molecule has 0 spiro atoms. The van der Waals surface area contributed by atoms with Crippen molar-refractivity contribution in [3.63, 3.8) is 0 Å². The Bertz CT molecular complexity index is 1150. The molecule has 0 aliphatic carbocycles. The number of amides is 2. The van der Waals surface area contributed by atoms with Crippen molar-refractivity contribution in [2.24, 2.45) is 0 Å². The molecule has 0 saturated heterocycles. The zero-order valence-electron chi connectivity index (χ0n) is 16.3. The van der Waals surface area contributed by atoms with E-state index in [0.29, 0.717) is 16.5 Å². The minimum atomic E-state index is -0.616. The van der Waals surface area contributed by atoms with Gasteiger partial charge in [0.05, 0.1) is 16.3 Å². The molecule has 1 aliphatic heterocycles. The first-order chi connectivity index (χ1) is 14.4. The molecular formula is C23H18ClFN2O2S. The average Bonchev–Trinajstić information content (AvgIpc) is 3.32. The topological polar surface area (TPSA) is 49.4 Å². The van der Waals surface area contributed by atoms with Crippen LogP contribution in [0, 0.1) is 5.82 Å². The van der Waals surface area contributed by atoms with Gasteiger partial charge in [0.2, 0.25) is 0 Å². The number of nitrogens with one attached hydrogen (secondary N) is 1. The van der Waals surface area contributed by atoms with Crippen molar-refractivity contribution in [3.05, 3.63) is 87.0 Å². The quantitative estimate of drug-likeness (QED) is 0.490. The highest BCUT2D eigenvalue weighted by molar-refractivity contribution is 7.11. The fourth-order valence-corrected chi connectivity index (χ4v) is 4.19. The summed E-state index contributed by atoms with van der Waals surface area (Å²) in [6, 6.07) is 15.1. The van der Waals surface area contributed by atoms with Gasteiger partial charge in [0.25, 0.3) is 11.8 Å². The SMILES string of the molecule is CC(C)c1ccc(NC2=C(c3cccs3)C(=O)N(c3ccc(F)c(Cl)c3)C2=O)cc1. The number of carbonyl (C=O) groups is 2. The lowest BCUT2D eigenvalue weighted by atomic mass is 10.0. The second-order valence-corrected chi connectivity index (χ2v) is 8.53. The monoisotopic (exact) mass is 440 g/mol. The molecule has 0 bridgehead atoms. The Morgan fingerprint density at radius 2 is 1.77 bits per heavy atom. The summed E-state index contributed by atoms with van der Waals surface area (Å²) in [5.41, 5.74) is 2.55. The Hall–Kier alpha value is -2.96. The summed E-state index contributed by atoms with van der Waals surface area (Å²) in [6.45, 7) is 4.20. The molecule has 0 unspecified atom stereocenters. The van der Waals surface area contributed by atoms with Crippen LogP contribution in [-0.4, -0.2) is 11.8 Å². The maximum absolute atomic E-state index is 13.6. The number of benzene rings is 2. The van der Waals surface area contributed by atoms with Crippen LogP contribution < -0.4 is 10.2 Å². The summed E-state index contributed by atoms with van der Waals surface area (Å²) in [7, 11) is 0. The number of halogens is 2. The van der Waals surface area contributed by atoms with E-state index in [2.05, 4.69) is 19.2 Å². The number of hydrogen-bond acceptors (Lipinski definition) is 4. The highest BCUT2D eigenvalue weighted by Gasteiger charge is 2.40. The molecule has 7 heteroatoms. The van der Waals surface area contributed by atoms with Crippen LogP contribution in [0.5, 0.6) is 0 Å². The van der Waals surface area contributed by atoms with E-state index in [1.54, 1.807) is 6.07 Å². The van der Waals surface area contributed by atoms with Gasteiger partial charge in [-0.15, -0.1) is 11.3 Å². The molecule has 152 valence electrons. The first kappa shape index (κ1) is 20.3. The summed E-state index contributed by atoms with van der Waals surface area (Å²) in [5.74, 6) is -1.23. The van der Waals surface area contributed by atoms with E-state index < -0.39 is 17.6 Å². The molecule has 30 heavy (non-hydrogen) atoms. The van der Waals surface area contributed by atoms with Crippen molar-refractivity contribution in [2.75, 3.05) is 10.2 Å². The van der Waals surface area contributed by atoms with Gasteiger partial charge in [-0.2, -0.15) is 0 Å². The van der Waals surface area contributed by atoms with E-state index in [-0.39, 0.29) is 22.0 Å². The van der Waals surface area contributed by atoms with Gasteiger partial charge in [-0.05, 0) is 53.3 Å². The van der Waals surface area contributed by atoms with Crippen molar-refractivity contribution in [3.8, 4) is 0 Å². The smallest absolute Gasteiger partial charge is 0.282 e. The van der Waals surface area contributed by atoms with Crippen molar-refractivity contribution in [2.45, 2.75) is 19.8 Å². The fraction of sp³-hybridized carbons (Fsp3) is 0.130. The van der Waals surface area contributed by atoms with E-state index in [1.807, 2.05) is 35.7 Å². The Morgan fingerprint density at radius 1 is 1.03 bits per heavy atom. The zero-order valence-corrected chi connectivity index (χ0v) is 17.9. The predicted octanol–water partition coefficient (Wildman–Crippen LogP) is 6.06. The number of hydrogen-bond donors (Lipinski definition) is 1. The van der Waals surface area contributed by atoms with Crippen LogP contribution in [0.2, 0.25) is 5.02 Å². The number of rotatable bonds is 5. The summed E-state index contributed by atoms with van der Waals surface area (Å²) in [4.78, 5) is 28.2. The molecule has 0 saturated carbocycles. The molecule has 2 heterocycles. The van der Waals surface area contributed by atoms with Crippen LogP contribution in [0.25, 0.3) is 5.57 Å². The number of nitrogens with zero attached hydrogens (tertiary/aromatic N) is 1. The van der Waals surface area contributed by atoms with Crippen LogP contribution in [-0.2, 0) is 9.59 Å². The molecule has 1 aliphatic rings. The van der Waals surface area contributed by atoms with E-state index in [0.717, 1.165) is 11.0 Å². The van der Waals surface area contributed by atoms with Gasteiger partial charge in [-0.25, -0.2) is 9.29 Å². The van der Waals surface area contributed by atoms with Gasteiger partial charge in [0.15, 0.2) is 0 Å². The number of thiophene rings is 1. The highest BCUT2D eigenvalue weighted by Crippen LogP contribution is 2.36. The molecule has 1 aromatic heterocycles. The Morgan fingerprint density at radius 3 is 2.37 bits per heavy atom. The second-order valence-electron chi connectivity index (χ2n) is 7.17. The molecule has 3 aromatic rings. The molecule has 0 fully saturated rings. The van der Waals surface area contributed by atoms with Gasteiger partial charge in [0, 0.05) is 10.6 Å². The second kappa shape index (κ2) is 8.05. The van der Waals surface area contributed by atoms with E-state index in [4.69, 9.17) is 11.6 Å². The van der Waals surface area contributed by atoms with Crippen molar-refractivity contribution in [1.29, 1.82) is 0 Å². The van der Waals surface area contributed by atoms with E-state index in [9.17, 15) is 14.0 Å². The van der Waals surface area contributed by atoms with Crippen molar-refractivity contribution < 1.29 is 14.0 Å². The first-order valence-electron chi connectivity index (χ1n) is 9.35. The van der Waals surface area contributed by atoms with Crippen molar-refractivity contribution >= 4 is 51.7 Å².